The molecule has 0 N–H and O–H groups in total. The van der Waals surface area contributed by atoms with Gasteiger partial charge in [-0.05, 0) is 24.0 Å². The van der Waals surface area contributed by atoms with Crippen molar-refractivity contribution in [1.82, 2.24) is 0 Å². The molecule has 0 saturated heterocycles. The topological polar surface area (TPSA) is 86.7 Å². The summed E-state index contributed by atoms with van der Waals surface area (Å²) in [4.78, 5) is 45.1. The molecule has 0 radical (unpaired) electrons. The Kier molecular flexibility index (Phi) is 10.7. The van der Waals surface area contributed by atoms with Crippen molar-refractivity contribution in [2.24, 2.45) is 0 Å². The van der Waals surface area contributed by atoms with Crippen LogP contribution in [0, 0.1) is 0 Å². The quantitative estimate of drug-likeness (QED) is 0.533. The minimum atomic E-state index is -0.863. The molecule has 0 heterocycles. The Labute approximate surface area is 142 Å². The molecule has 0 aliphatic carbocycles. The van der Waals surface area contributed by atoms with E-state index < -0.39 is 23.5 Å². The Morgan fingerprint density at radius 2 is 1.08 bits per heavy atom. The molecule has 6 nitrogen and oxygen atoms in total. The number of benzene rings is 1. The fourth-order valence-corrected chi connectivity index (χ4v) is 1.97. The summed E-state index contributed by atoms with van der Waals surface area (Å²) in [7, 11) is 2.32. The number of hydrogen-bond donors (Lipinski definition) is 0. The number of Topliss-reactive ketones (excluding diaryl/α,β-unsaturated/α-hetero) is 2. The molecular formula is C18H24O6. The van der Waals surface area contributed by atoms with E-state index in [-0.39, 0.29) is 12.8 Å². The van der Waals surface area contributed by atoms with Gasteiger partial charge in [0.15, 0.2) is 0 Å². The minimum Gasteiger partial charge on any atom is -0.463 e. The minimum absolute atomic E-state index is 0.0363. The van der Waals surface area contributed by atoms with Gasteiger partial charge in [-0.25, -0.2) is 9.59 Å². The fourth-order valence-electron chi connectivity index (χ4n) is 1.97. The molecule has 0 spiro atoms. The van der Waals surface area contributed by atoms with Crippen LogP contribution in [0.2, 0.25) is 0 Å². The zero-order chi connectivity index (χ0) is 18.5. The largest absolute Gasteiger partial charge is 0.463 e. The average molecular weight is 336 g/mol. The molecule has 0 bridgehead atoms. The summed E-state index contributed by atoms with van der Waals surface area (Å²) in [5.41, 5.74) is 1.72. The van der Waals surface area contributed by atoms with Crippen LogP contribution >= 0.6 is 0 Å². The van der Waals surface area contributed by atoms with E-state index in [1.165, 1.54) is 0 Å². The van der Waals surface area contributed by atoms with E-state index in [2.05, 4.69) is 9.47 Å². The summed E-state index contributed by atoms with van der Waals surface area (Å²) in [5.74, 6) is -2.91. The van der Waals surface area contributed by atoms with Crippen LogP contribution in [0.4, 0.5) is 0 Å². The van der Waals surface area contributed by atoms with E-state index >= 15 is 0 Å². The van der Waals surface area contributed by atoms with Gasteiger partial charge in [0.1, 0.15) is 0 Å². The highest BCUT2D eigenvalue weighted by atomic mass is 16.5. The Morgan fingerprint density at radius 3 is 1.38 bits per heavy atom. The predicted octanol–water partition coefficient (Wildman–Crippen LogP) is 2.06. The third-order valence-electron chi connectivity index (χ3n) is 3.19. The van der Waals surface area contributed by atoms with Crippen molar-refractivity contribution < 1.29 is 28.7 Å². The molecule has 0 unspecified atom stereocenters. The molecule has 0 aliphatic heterocycles. The maximum Gasteiger partial charge on any atom is 0.374 e. The van der Waals surface area contributed by atoms with Crippen LogP contribution < -0.4 is 0 Å². The van der Waals surface area contributed by atoms with Gasteiger partial charge in [-0.1, -0.05) is 38.1 Å². The Hall–Kier alpha value is -2.50. The first-order valence-corrected chi connectivity index (χ1v) is 7.78. The van der Waals surface area contributed by atoms with Crippen LogP contribution in [0.5, 0.6) is 0 Å². The summed E-state index contributed by atoms with van der Waals surface area (Å²) < 4.78 is 8.73. The SMILES string of the molecule is CC.COC(=O)C(=O)CCc1ccccc1CCC(=O)C(=O)OC. The number of aryl methyl sites for hydroxylation is 2. The first kappa shape index (κ1) is 21.5. The fraction of sp³-hybridized carbons (Fsp3) is 0.444. The molecule has 0 atom stereocenters. The molecule has 1 rings (SSSR count). The number of hydrogen-bond acceptors (Lipinski definition) is 6. The Morgan fingerprint density at radius 1 is 0.750 bits per heavy atom. The van der Waals surface area contributed by atoms with Crippen LogP contribution in [0.15, 0.2) is 24.3 Å². The predicted molar refractivity (Wildman–Crippen MR) is 88.5 cm³/mol. The molecule has 132 valence electrons. The number of carbonyl (C=O) groups excluding carboxylic acids is 4. The van der Waals surface area contributed by atoms with E-state index in [9.17, 15) is 19.2 Å². The van der Waals surface area contributed by atoms with Crippen molar-refractivity contribution in [3.63, 3.8) is 0 Å². The zero-order valence-corrected chi connectivity index (χ0v) is 14.6. The van der Waals surface area contributed by atoms with Gasteiger partial charge < -0.3 is 9.47 Å². The molecule has 1 aromatic rings. The summed E-state index contributed by atoms with van der Waals surface area (Å²) in [6.45, 7) is 4.00. The number of rotatable bonds is 8. The van der Waals surface area contributed by atoms with Crippen molar-refractivity contribution in [3.05, 3.63) is 35.4 Å². The molecular weight excluding hydrogens is 312 g/mol. The monoisotopic (exact) mass is 336 g/mol. The number of methoxy groups -OCH3 is 2. The highest BCUT2D eigenvalue weighted by Gasteiger charge is 2.16. The molecule has 0 aliphatic rings. The lowest BCUT2D eigenvalue weighted by molar-refractivity contribution is -0.151. The van der Waals surface area contributed by atoms with Gasteiger partial charge >= 0.3 is 11.9 Å². The van der Waals surface area contributed by atoms with Gasteiger partial charge in [-0.2, -0.15) is 0 Å². The van der Waals surface area contributed by atoms with Gasteiger partial charge in [0.05, 0.1) is 14.2 Å². The number of ether oxygens (including phenoxy) is 2. The first-order chi connectivity index (χ1) is 11.5. The van der Waals surface area contributed by atoms with E-state index in [1.54, 1.807) is 0 Å². The normalized spacial score (nSPS) is 9.33. The lowest BCUT2D eigenvalue weighted by atomic mass is 9.97. The van der Waals surface area contributed by atoms with Crippen molar-refractivity contribution >= 4 is 23.5 Å². The second-order valence-corrected chi connectivity index (χ2v) is 4.60. The number of ketones is 2. The summed E-state index contributed by atoms with van der Waals surface area (Å²) >= 11 is 0. The second-order valence-electron chi connectivity index (χ2n) is 4.60. The van der Waals surface area contributed by atoms with Crippen molar-refractivity contribution in [3.8, 4) is 0 Å². The summed E-state index contributed by atoms with van der Waals surface area (Å²) in [5, 5.41) is 0. The Balaban J connectivity index is 0.00000254. The smallest absolute Gasteiger partial charge is 0.374 e. The van der Waals surface area contributed by atoms with Crippen LogP contribution in [-0.4, -0.2) is 37.7 Å². The average Bonchev–Trinajstić information content (AvgIpc) is 2.64. The van der Waals surface area contributed by atoms with Crippen molar-refractivity contribution in [2.45, 2.75) is 39.5 Å². The highest BCUT2D eigenvalue weighted by molar-refractivity contribution is 6.33. The maximum atomic E-state index is 11.5. The maximum absolute atomic E-state index is 11.5. The van der Waals surface area contributed by atoms with E-state index in [0.717, 1.165) is 25.3 Å². The van der Waals surface area contributed by atoms with Crippen LogP contribution in [0.25, 0.3) is 0 Å². The first-order valence-electron chi connectivity index (χ1n) is 7.78. The molecule has 0 fully saturated rings. The van der Waals surface area contributed by atoms with Crippen LogP contribution in [0.1, 0.15) is 37.8 Å². The molecule has 1 aromatic carbocycles. The molecule has 24 heavy (non-hydrogen) atoms. The standard InChI is InChI=1S/C16H18O6.C2H6/c1-21-15(19)13(17)9-7-11-5-3-4-6-12(11)8-10-14(18)16(20)22-2;1-2/h3-6H,7-10H2,1-2H3;1-2H3. The van der Waals surface area contributed by atoms with Gasteiger partial charge in [0.25, 0.3) is 0 Å². The van der Waals surface area contributed by atoms with Crippen LogP contribution in [-0.2, 0) is 41.5 Å². The van der Waals surface area contributed by atoms with Gasteiger partial charge in [0, 0.05) is 12.8 Å². The third kappa shape index (κ3) is 7.17. The van der Waals surface area contributed by atoms with Crippen LogP contribution in [0.3, 0.4) is 0 Å². The number of carbonyl (C=O) groups is 4. The van der Waals surface area contributed by atoms with Crippen molar-refractivity contribution in [2.75, 3.05) is 14.2 Å². The molecule has 6 heteroatoms. The van der Waals surface area contributed by atoms with E-state index in [1.807, 2.05) is 38.1 Å². The Bertz CT molecular complexity index is 526. The third-order valence-corrected chi connectivity index (χ3v) is 3.19. The number of esters is 2. The molecule has 0 saturated carbocycles. The molecule has 0 amide bonds. The second kappa shape index (κ2) is 12.0. The van der Waals surface area contributed by atoms with Crippen molar-refractivity contribution in [1.29, 1.82) is 0 Å². The van der Waals surface area contributed by atoms with E-state index in [4.69, 9.17) is 0 Å². The van der Waals surface area contributed by atoms with Gasteiger partial charge in [-0.15, -0.1) is 0 Å². The highest BCUT2D eigenvalue weighted by Crippen LogP contribution is 2.14. The van der Waals surface area contributed by atoms with Gasteiger partial charge in [-0.3, -0.25) is 9.59 Å². The zero-order valence-electron chi connectivity index (χ0n) is 14.6. The summed E-state index contributed by atoms with van der Waals surface area (Å²) in [6, 6.07) is 7.26. The lowest BCUT2D eigenvalue weighted by Crippen LogP contribution is -2.17. The summed E-state index contributed by atoms with van der Waals surface area (Å²) in [6.07, 6.45) is 0.816. The van der Waals surface area contributed by atoms with E-state index in [0.29, 0.717) is 12.8 Å². The molecule has 0 aromatic heterocycles. The lowest BCUT2D eigenvalue weighted by Gasteiger charge is -2.08. The van der Waals surface area contributed by atoms with Gasteiger partial charge in [0.2, 0.25) is 11.6 Å².